The van der Waals surface area contributed by atoms with E-state index in [1.807, 2.05) is 18.2 Å². The van der Waals surface area contributed by atoms with E-state index in [2.05, 4.69) is 30.7 Å². The van der Waals surface area contributed by atoms with Crippen LogP contribution in [-0.2, 0) is 4.79 Å². The molecule has 0 saturated heterocycles. The lowest BCUT2D eigenvalue weighted by Crippen LogP contribution is -2.25. The maximum absolute atomic E-state index is 11.7. The van der Waals surface area contributed by atoms with Gasteiger partial charge in [-0.3, -0.25) is 9.89 Å². The molecule has 1 saturated carbocycles. The number of rotatable bonds is 2. The van der Waals surface area contributed by atoms with Crippen LogP contribution >= 0.6 is 0 Å². The van der Waals surface area contributed by atoms with E-state index in [-0.39, 0.29) is 11.8 Å². The Balaban J connectivity index is 1.69. The first-order valence-electron chi connectivity index (χ1n) is 8.91. The maximum Gasteiger partial charge on any atom is 0.196 e. The monoisotopic (exact) mass is 360 g/mol. The zero-order valence-corrected chi connectivity index (χ0v) is 14.4. The van der Waals surface area contributed by atoms with Crippen molar-refractivity contribution in [1.82, 2.24) is 20.5 Å². The van der Waals surface area contributed by atoms with Crippen LogP contribution in [-0.4, -0.2) is 26.3 Å². The van der Waals surface area contributed by atoms with Gasteiger partial charge in [-0.2, -0.15) is 5.10 Å². The summed E-state index contributed by atoms with van der Waals surface area (Å²) in [5.74, 6) is 0.929. The Morgan fingerprint density at radius 1 is 1.19 bits per heavy atom. The Morgan fingerprint density at radius 3 is 2.85 bits per heavy atom. The van der Waals surface area contributed by atoms with Crippen molar-refractivity contribution in [2.24, 2.45) is 5.92 Å². The van der Waals surface area contributed by atoms with Crippen LogP contribution in [0.25, 0.3) is 15.9 Å². The number of aromatic amines is 1. The van der Waals surface area contributed by atoms with Crippen LogP contribution in [0, 0.1) is 12.5 Å². The molecular weight excluding hydrogens is 344 g/mol. The quantitative estimate of drug-likeness (QED) is 0.679. The van der Waals surface area contributed by atoms with Gasteiger partial charge in [0.1, 0.15) is 22.6 Å². The lowest BCUT2D eigenvalue weighted by atomic mass is 9.79. The molecule has 8 heteroatoms. The van der Waals surface area contributed by atoms with Gasteiger partial charge < -0.3 is 5.32 Å². The third-order valence-corrected chi connectivity index (χ3v) is 5.49. The highest BCUT2D eigenvalue weighted by Crippen LogP contribution is 2.46. The van der Waals surface area contributed by atoms with Gasteiger partial charge in [0.25, 0.3) is 0 Å². The van der Waals surface area contributed by atoms with Crippen molar-refractivity contribution in [3.8, 4) is 0 Å². The second kappa shape index (κ2) is 6.06. The van der Waals surface area contributed by atoms with Crippen LogP contribution in [0.4, 0.5) is 5.82 Å². The maximum atomic E-state index is 11.7. The number of carbonyl (C=O) groups is 1. The number of carbonyl (C=O) groups excluding carboxylic acids is 1. The molecule has 0 bridgehead atoms. The van der Waals surface area contributed by atoms with Gasteiger partial charge in [-0.15, -0.1) is 0 Å². The van der Waals surface area contributed by atoms with Crippen LogP contribution < -0.4 is 5.32 Å². The Labute approximate surface area is 154 Å². The van der Waals surface area contributed by atoms with Crippen molar-refractivity contribution in [3.63, 3.8) is 0 Å². The van der Waals surface area contributed by atoms with Gasteiger partial charge >= 0.3 is 0 Å². The molecule has 1 atom stereocenters. The molecule has 0 amide bonds. The third-order valence-electron chi connectivity index (χ3n) is 5.49. The van der Waals surface area contributed by atoms with Crippen molar-refractivity contribution in [2.45, 2.75) is 31.6 Å². The molecule has 8 nitrogen and oxygen atoms in total. The first kappa shape index (κ1) is 15.8. The van der Waals surface area contributed by atoms with Gasteiger partial charge in [0.15, 0.2) is 5.70 Å². The van der Waals surface area contributed by atoms with Crippen molar-refractivity contribution in [1.29, 1.82) is 0 Å². The van der Waals surface area contributed by atoms with E-state index in [1.54, 1.807) is 6.20 Å². The van der Waals surface area contributed by atoms with E-state index in [1.165, 1.54) is 0 Å². The normalized spacial score (nSPS) is 20.4. The number of benzene rings is 1. The number of anilines is 1. The Hall–Kier alpha value is -3.47. The van der Waals surface area contributed by atoms with Gasteiger partial charge in [-0.1, -0.05) is 12.1 Å². The minimum Gasteiger partial charge on any atom is -0.354 e. The summed E-state index contributed by atoms with van der Waals surface area (Å²) >= 11 is 0. The lowest BCUT2D eigenvalue weighted by Gasteiger charge is -2.32. The Bertz CT molecular complexity index is 1110. The largest absolute Gasteiger partial charge is 0.354 e. The predicted octanol–water partition coefficient (Wildman–Crippen LogP) is 3.39. The molecule has 0 spiro atoms. The number of allylic oxidation sites excluding steroid dienone is 2. The number of hydrogen-bond acceptors (Lipinski definition) is 6. The number of H-pyrrole nitrogens is 1. The summed E-state index contributed by atoms with van der Waals surface area (Å²) in [6.45, 7) is 7.90. The number of nitrogens with one attached hydrogen (secondary N) is 2. The molecule has 1 aromatic carbocycles. The third kappa shape index (κ3) is 2.43. The Kier molecular flexibility index (Phi) is 3.53. The van der Waals surface area contributed by atoms with Crippen molar-refractivity contribution >= 4 is 22.6 Å². The number of nitrogens with zero attached hydrogens (tertiary/aromatic N) is 4. The first-order valence-corrected chi connectivity index (χ1v) is 8.91. The van der Waals surface area contributed by atoms with Gasteiger partial charge in [0.2, 0.25) is 0 Å². The van der Waals surface area contributed by atoms with Crippen molar-refractivity contribution in [2.75, 3.05) is 5.32 Å². The smallest absolute Gasteiger partial charge is 0.196 e. The summed E-state index contributed by atoms with van der Waals surface area (Å²) < 4.78 is 4.92. The summed E-state index contributed by atoms with van der Waals surface area (Å²) in [5, 5.41) is 18.5. The first-order chi connectivity index (χ1) is 13.3. The number of Topliss-reactive ketones (excluding diaryl/α,β-unsaturated/α-hetero) is 1. The predicted molar refractivity (Wildman–Crippen MR) is 96.5 cm³/mol. The molecule has 5 rings (SSSR count). The van der Waals surface area contributed by atoms with Gasteiger partial charge in [-0.25, -0.2) is 9.47 Å². The molecule has 2 aromatic heterocycles. The number of aromatic nitrogens is 4. The van der Waals surface area contributed by atoms with E-state index >= 15 is 0 Å². The molecule has 134 valence electrons. The average Bonchev–Trinajstić information content (AvgIpc) is 3.36. The molecule has 1 fully saturated rings. The number of hydrogen-bond donors (Lipinski definition) is 2. The minimum atomic E-state index is -0.305. The average molecular weight is 360 g/mol. The highest BCUT2D eigenvalue weighted by molar-refractivity contribution is 5.81. The second-order valence-electron chi connectivity index (χ2n) is 6.96. The molecule has 1 unspecified atom stereocenters. The van der Waals surface area contributed by atoms with Gasteiger partial charge in [0.05, 0.1) is 18.7 Å². The molecule has 2 N–H and O–H groups in total. The molecule has 1 aliphatic heterocycles. The fraction of sp³-hybridized carbons (Fsp3) is 0.316. The van der Waals surface area contributed by atoms with Crippen LogP contribution in [0.15, 0.2) is 40.4 Å². The zero-order chi connectivity index (χ0) is 18.4. The molecule has 0 radical (unpaired) electrons. The Morgan fingerprint density at radius 2 is 2.04 bits per heavy atom. The highest BCUT2D eigenvalue weighted by atomic mass is 16.6. The summed E-state index contributed by atoms with van der Waals surface area (Å²) in [6.07, 6.45) is 4.37. The summed E-state index contributed by atoms with van der Waals surface area (Å²) in [5.41, 5.74) is 4.58. The summed E-state index contributed by atoms with van der Waals surface area (Å²) in [6, 6.07) is 5.68. The van der Waals surface area contributed by atoms with E-state index in [0.717, 1.165) is 35.5 Å². The van der Waals surface area contributed by atoms with E-state index in [4.69, 9.17) is 11.2 Å². The second-order valence-corrected chi connectivity index (χ2v) is 6.96. The van der Waals surface area contributed by atoms with E-state index < -0.39 is 0 Å². The topological polar surface area (TPSA) is 101 Å². The molecule has 1 aliphatic carbocycles. The van der Waals surface area contributed by atoms with Crippen LogP contribution in [0.5, 0.6) is 0 Å². The molecule has 3 aromatic rings. The zero-order valence-electron chi connectivity index (χ0n) is 14.4. The van der Waals surface area contributed by atoms with Crippen LogP contribution in [0.2, 0.25) is 0 Å². The fourth-order valence-corrected chi connectivity index (χ4v) is 4.16. The van der Waals surface area contributed by atoms with Crippen molar-refractivity contribution in [3.05, 3.63) is 58.3 Å². The van der Waals surface area contributed by atoms with Gasteiger partial charge in [-0.05, 0) is 40.7 Å². The molecule has 3 heterocycles. The molecule has 2 aliphatic rings. The number of ketones is 1. The van der Waals surface area contributed by atoms with E-state index in [9.17, 15) is 4.79 Å². The molecular formula is C19H16N6O2. The van der Waals surface area contributed by atoms with Crippen LogP contribution in [0.3, 0.4) is 0 Å². The minimum absolute atomic E-state index is 0.153. The summed E-state index contributed by atoms with van der Waals surface area (Å²) in [4.78, 5) is 15.6. The number of fused-ring (bicyclic) bond motifs is 2. The highest BCUT2D eigenvalue weighted by Gasteiger charge is 2.36. The van der Waals surface area contributed by atoms with Crippen LogP contribution in [0.1, 0.15) is 42.7 Å². The van der Waals surface area contributed by atoms with Crippen molar-refractivity contribution < 1.29 is 9.42 Å². The SMILES string of the molecule is [C-]#[N+]C1=C(C2CCC(=O)CC2)Nc2[nH]ncc2C1c1cccc2nonc12. The fourth-order valence-electron chi connectivity index (χ4n) is 4.16. The lowest BCUT2D eigenvalue weighted by molar-refractivity contribution is -0.120. The summed E-state index contributed by atoms with van der Waals surface area (Å²) in [7, 11) is 0. The molecule has 27 heavy (non-hydrogen) atoms. The standard InChI is InChI=1S/C19H16N6O2/c1-20-18-15(12-3-2-4-14-17(12)25-27-24-14)13-9-21-23-19(13)22-16(18)10-5-7-11(26)8-6-10/h2-4,9-10,15H,5-8H2,(H2,21,22,23). The van der Waals surface area contributed by atoms with Gasteiger partial charge in [0, 0.05) is 24.1 Å². The van der Waals surface area contributed by atoms with E-state index in [0.29, 0.717) is 35.4 Å².